The van der Waals surface area contributed by atoms with Gasteiger partial charge in [-0.05, 0) is 38.1 Å². The first-order valence-corrected chi connectivity index (χ1v) is 6.79. The lowest BCUT2D eigenvalue weighted by Gasteiger charge is -2.32. The minimum absolute atomic E-state index is 0.0802. The van der Waals surface area contributed by atoms with Gasteiger partial charge in [-0.25, -0.2) is 0 Å². The Balaban J connectivity index is 1.83. The van der Waals surface area contributed by atoms with Gasteiger partial charge in [0.1, 0.15) is 0 Å². The lowest BCUT2D eigenvalue weighted by atomic mass is 9.82. The van der Waals surface area contributed by atoms with Gasteiger partial charge in [0.15, 0.2) is 0 Å². The fraction of sp³-hybridized carbons (Fsp3) is 1.00. The van der Waals surface area contributed by atoms with E-state index in [2.05, 4.69) is 5.32 Å². The number of aliphatic hydroxyl groups is 1. The molecule has 2 atom stereocenters. The van der Waals surface area contributed by atoms with Crippen molar-refractivity contribution in [1.29, 1.82) is 0 Å². The van der Waals surface area contributed by atoms with E-state index < -0.39 is 0 Å². The van der Waals surface area contributed by atoms with E-state index in [9.17, 15) is 5.11 Å². The Hall–Kier alpha value is -0.0800. The van der Waals surface area contributed by atoms with E-state index in [-0.39, 0.29) is 6.10 Å². The zero-order valence-electron chi connectivity index (χ0n) is 9.75. The summed E-state index contributed by atoms with van der Waals surface area (Å²) < 4.78 is 0. The van der Waals surface area contributed by atoms with Crippen molar-refractivity contribution in [3.05, 3.63) is 0 Å². The summed E-state index contributed by atoms with van der Waals surface area (Å²) in [5, 5.41) is 13.9. The van der Waals surface area contributed by atoms with E-state index in [1.165, 1.54) is 57.8 Å². The molecule has 1 saturated carbocycles. The van der Waals surface area contributed by atoms with E-state index in [0.717, 1.165) is 6.54 Å². The maximum Gasteiger partial charge on any atom is 0.0721 e. The Morgan fingerprint density at radius 2 is 1.53 bits per heavy atom. The average Bonchev–Trinajstić information content (AvgIpc) is 2.58. The van der Waals surface area contributed by atoms with Gasteiger partial charge in [-0.1, -0.05) is 32.1 Å². The lowest BCUT2D eigenvalue weighted by Crippen LogP contribution is -2.43. The first kappa shape index (κ1) is 11.4. The molecule has 15 heavy (non-hydrogen) atoms. The summed E-state index contributed by atoms with van der Waals surface area (Å²) in [5.41, 5.74) is 0. The van der Waals surface area contributed by atoms with Crippen LogP contribution < -0.4 is 5.32 Å². The smallest absolute Gasteiger partial charge is 0.0721 e. The van der Waals surface area contributed by atoms with Crippen molar-refractivity contribution >= 4 is 0 Å². The molecule has 2 nitrogen and oxygen atoms in total. The molecule has 0 amide bonds. The third-order valence-electron chi connectivity index (χ3n) is 4.14. The minimum Gasteiger partial charge on any atom is -0.391 e. The van der Waals surface area contributed by atoms with Crippen LogP contribution in [0.25, 0.3) is 0 Å². The molecule has 0 radical (unpaired) electrons. The van der Waals surface area contributed by atoms with Crippen molar-refractivity contribution in [3.8, 4) is 0 Å². The molecule has 0 bridgehead atoms. The van der Waals surface area contributed by atoms with Crippen LogP contribution in [0.1, 0.15) is 57.8 Å². The van der Waals surface area contributed by atoms with Crippen molar-refractivity contribution in [2.75, 3.05) is 6.54 Å². The molecule has 88 valence electrons. The molecule has 2 N–H and O–H groups in total. The van der Waals surface area contributed by atoms with Gasteiger partial charge < -0.3 is 10.4 Å². The molecule has 0 aromatic heterocycles. The molecule has 2 fully saturated rings. The van der Waals surface area contributed by atoms with Gasteiger partial charge in [0.25, 0.3) is 0 Å². The quantitative estimate of drug-likeness (QED) is 0.735. The maximum absolute atomic E-state index is 10.4. The Morgan fingerprint density at radius 3 is 2.33 bits per heavy atom. The second-order valence-electron chi connectivity index (χ2n) is 5.30. The number of hydrogen-bond donors (Lipinski definition) is 2. The van der Waals surface area contributed by atoms with Crippen LogP contribution in [0.2, 0.25) is 0 Å². The van der Waals surface area contributed by atoms with Crippen molar-refractivity contribution in [3.63, 3.8) is 0 Å². The van der Waals surface area contributed by atoms with Crippen LogP contribution in [0, 0.1) is 5.92 Å². The Kier molecular flexibility index (Phi) is 4.45. The largest absolute Gasteiger partial charge is 0.391 e. The normalized spacial score (nSPS) is 32.2. The van der Waals surface area contributed by atoms with Crippen molar-refractivity contribution in [2.24, 2.45) is 5.92 Å². The summed E-state index contributed by atoms with van der Waals surface area (Å²) in [6.07, 6.45) is 11.5. The van der Waals surface area contributed by atoms with Gasteiger partial charge in [-0.15, -0.1) is 0 Å². The van der Waals surface area contributed by atoms with Gasteiger partial charge in [0, 0.05) is 6.04 Å². The number of rotatable bonds is 2. The van der Waals surface area contributed by atoms with Crippen LogP contribution in [-0.2, 0) is 0 Å². The monoisotopic (exact) mass is 211 g/mol. The summed E-state index contributed by atoms with van der Waals surface area (Å²) >= 11 is 0. The number of nitrogens with one attached hydrogen (secondary N) is 1. The topological polar surface area (TPSA) is 32.3 Å². The molecule has 2 unspecified atom stereocenters. The Bertz CT molecular complexity index is 169. The first-order valence-electron chi connectivity index (χ1n) is 6.79. The zero-order valence-corrected chi connectivity index (χ0v) is 9.75. The maximum atomic E-state index is 10.4. The van der Waals surface area contributed by atoms with Crippen LogP contribution in [0.15, 0.2) is 0 Å². The predicted octanol–water partition coefficient (Wildman–Crippen LogP) is 2.46. The molecular formula is C13H25NO. The molecule has 2 rings (SSSR count). The molecule has 2 aliphatic rings. The third-order valence-corrected chi connectivity index (χ3v) is 4.14. The van der Waals surface area contributed by atoms with Crippen molar-refractivity contribution < 1.29 is 5.11 Å². The molecule has 2 heteroatoms. The van der Waals surface area contributed by atoms with Crippen LogP contribution >= 0.6 is 0 Å². The van der Waals surface area contributed by atoms with E-state index in [1.54, 1.807) is 0 Å². The van der Waals surface area contributed by atoms with Gasteiger partial charge >= 0.3 is 0 Å². The minimum atomic E-state index is -0.0802. The van der Waals surface area contributed by atoms with Gasteiger partial charge in [-0.3, -0.25) is 0 Å². The molecule has 1 saturated heterocycles. The number of aliphatic hydroxyl groups excluding tert-OH is 1. The van der Waals surface area contributed by atoms with Gasteiger partial charge in [0.05, 0.1) is 6.10 Å². The summed E-state index contributed by atoms with van der Waals surface area (Å²) in [4.78, 5) is 0. The Morgan fingerprint density at radius 1 is 0.867 bits per heavy atom. The summed E-state index contributed by atoms with van der Waals surface area (Å²) in [6.45, 7) is 1.11. The third kappa shape index (κ3) is 3.18. The average molecular weight is 211 g/mol. The highest BCUT2D eigenvalue weighted by molar-refractivity contribution is 4.84. The molecule has 1 heterocycles. The lowest BCUT2D eigenvalue weighted by molar-refractivity contribution is 0.0488. The van der Waals surface area contributed by atoms with Crippen molar-refractivity contribution in [1.82, 2.24) is 5.32 Å². The van der Waals surface area contributed by atoms with Crippen LogP contribution in [-0.4, -0.2) is 23.8 Å². The molecule has 0 spiro atoms. The van der Waals surface area contributed by atoms with E-state index in [4.69, 9.17) is 0 Å². The summed E-state index contributed by atoms with van der Waals surface area (Å²) in [5.74, 6) is 0.578. The zero-order chi connectivity index (χ0) is 10.5. The predicted molar refractivity (Wildman–Crippen MR) is 62.8 cm³/mol. The highest BCUT2D eigenvalue weighted by Crippen LogP contribution is 2.29. The standard InChI is InChI=1S/C13H25NO/c15-13(11-7-3-1-4-8-11)12-9-5-2-6-10-14-12/h11-15H,1-10H2. The second kappa shape index (κ2) is 5.86. The Labute approximate surface area is 93.5 Å². The molecule has 0 aromatic carbocycles. The van der Waals surface area contributed by atoms with Gasteiger partial charge in [0.2, 0.25) is 0 Å². The van der Waals surface area contributed by atoms with E-state index in [1.807, 2.05) is 0 Å². The van der Waals surface area contributed by atoms with E-state index >= 15 is 0 Å². The molecule has 1 aliphatic heterocycles. The highest BCUT2D eigenvalue weighted by atomic mass is 16.3. The van der Waals surface area contributed by atoms with E-state index in [0.29, 0.717) is 12.0 Å². The summed E-state index contributed by atoms with van der Waals surface area (Å²) in [7, 11) is 0. The first-order chi connectivity index (χ1) is 7.38. The van der Waals surface area contributed by atoms with Crippen molar-refractivity contribution in [2.45, 2.75) is 69.9 Å². The molecule has 1 aliphatic carbocycles. The summed E-state index contributed by atoms with van der Waals surface area (Å²) in [6, 6.07) is 0.385. The highest BCUT2D eigenvalue weighted by Gasteiger charge is 2.28. The fourth-order valence-electron chi connectivity index (χ4n) is 3.15. The van der Waals surface area contributed by atoms with Crippen LogP contribution in [0.3, 0.4) is 0 Å². The molecule has 0 aromatic rings. The van der Waals surface area contributed by atoms with Crippen LogP contribution in [0.4, 0.5) is 0 Å². The fourth-order valence-corrected chi connectivity index (χ4v) is 3.15. The SMILES string of the molecule is OC(C1CCCCC1)C1CCCCCN1. The second-order valence-corrected chi connectivity index (χ2v) is 5.30. The van der Waals surface area contributed by atoms with Gasteiger partial charge in [-0.2, -0.15) is 0 Å². The number of hydrogen-bond acceptors (Lipinski definition) is 2. The van der Waals surface area contributed by atoms with Crippen LogP contribution in [0.5, 0.6) is 0 Å². The molecular weight excluding hydrogens is 186 g/mol.